The SMILES string of the molecule is Nc1ccccc1OCc1ncc(C(=O)O)c(=O)[nH]1. The van der Waals surface area contributed by atoms with Crippen molar-refractivity contribution in [3.8, 4) is 5.75 Å². The number of anilines is 1. The van der Waals surface area contributed by atoms with E-state index in [0.717, 1.165) is 6.20 Å². The molecule has 1 aromatic carbocycles. The second-order valence-corrected chi connectivity index (χ2v) is 3.70. The Kier molecular flexibility index (Phi) is 3.46. The van der Waals surface area contributed by atoms with E-state index in [2.05, 4.69) is 9.97 Å². The first-order valence-electron chi connectivity index (χ1n) is 5.36. The average molecular weight is 261 g/mol. The second kappa shape index (κ2) is 5.21. The number of hydrogen-bond donors (Lipinski definition) is 3. The highest BCUT2D eigenvalue weighted by atomic mass is 16.5. The highest BCUT2D eigenvalue weighted by molar-refractivity contribution is 5.86. The molecule has 0 radical (unpaired) electrons. The summed E-state index contributed by atoms with van der Waals surface area (Å²) < 4.78 is 5.37. The molecule has 0 bridgehead atoms. The lowest BCUT2D eigenvalue weighted by atomic mass is 10.3. The molecule has 0 fully saturated rings. The molecule has 0 saturated carbocycles. The molecule has 19 heavy (non-hydrogen) atoms. The minimum absolute atomic E-state index is 0.0106. The normalized spacial score (nSPS) is 10.1. The second-order valence-electron chi connectivity index (χ2n) is 3.70. The third-order valence-corrected chi connectivity index (χ3v) is 2.37. The van der Waals surface area contributed by atoms with E-state index in [1.165, 1.54) is 0 Å². The van der Waals surface area contributed by atoms with Gasteiger partial charge in [-0.25, -0.2) is 9.78 Å². The predicted molar refractivity (Wildman–Crippen MR) is 67.0 cm³/mol. The lowest BCUT2D eigenvalue weighted by Crippen LogP contribution is -2.20. The van der Waals surface area contributed by atoms with Crippen molar-refractivity contribution in [1.29, 1.82) is 0 Å². The molecule has 2 rings (SSSR count). The Labute approximate surface area is 107 Å². The van der Waals surface area contributed by atoms with Crippen molar-refractivity contribution in [2.24, 2.45) is 0 Å². The molecule has 0 amide bonds. The summed E-state index contributed by atoms with van der Waals surface area (Å²) in [4.78, 5) is 28.2. The zero-order valence-electron chi connectivity index (χ0n) is 9.79. The van der Waals surface area contributed by atoms with Crippen molar-refractivity contribution in [3.05, 3.63) is 52.2 Å². The molecular weight excluding hydrogens is 250 g/mol. The van der Waals surface area contributed by atoms with E-state index in [0.29, 0.717) is 11.4 Å². The number of aromatic amines is 1. The van der Waals surface area contributed by atoms with Gasteiger partial charge in [0.25, 0.3) is 5.56 Å². The molecule has 1 heterocycles. The van der Waals surface area contributed by atoms with E-state index in [9.17, 15) is 9.59 Å². The summed E-state index contributed by atoms with van der Waals surface area (Å²) in [7, 11) is 0. The summed E-state index contributed by atoms with van der Waals surface area (Å²) in [6.07, 6.45) is 0.994. The molecule has 0 aliphatic rings. The first-order chi connectivity index (χ1) is 9.08. The number of nitrogens with one attached hydrogen (secondary N) is 1. The summed E-state index contributed by atoms with van der Waals surface area (Å²) in [5.41, 5.74) is 5.01. The number of carboxylic acids is 1. The van der Waals surface area contributed by atoms with Crippen molar-refractivity contribution < 1.29 is 14.6 Å². The fourth-order valence-electron chi connectivity index (χ4n) is 1.42. The molecule has 0 aliphatic heterocycles. The molecule has 4 N–H and O–H groups in total. The van der Waals surface area contributed by atoms with E-state index in [-0.39, 0.29) is 12.4 Å². The Bertz CT molecular complexity index is 666. The maximum Gasteiger partial charge on any atom is 0.342 e. The molecular formula is C12H11N3O4. The van der Waals surface area contributed by atoms with Gasteiger partial charge < -0.3 is 20.6 Å². The molecule has 0 saturated heterocycles. The average Bonchev–Trinajstić information content (AvgIpc) is 2.37. The molecule has 98 valence electrons. The van der Waals surface area contributed by atoms with Gasteiger partial charge in [0.05, 0.1) is 5.69 Å². The van der Waals surface area contributed by atoms with Crippen LogP contribution in [0.3, 0.4) is 0 Å². The van der Waals surface area contributed by atoms with E-state index in [1.54, 1.807) is 24.3 Å². The van der Waals surface area contributed by atoms with Gasteiger partial charge in [0.15, 0.2) is 0 Å². The van der Waals surface area contributed by atoms with Gasteiger partial charge in [0, 0.05) is 6.20 Å². The monoisotopic (exact) mass is 261 g/mol. The van der Waals surface area contributed by atoms with Crippen LogP contribution >= 0.6 is 0 Å². The number of carboxylic acid groups (broad SMARTS) is 1. The fourth-order valence-corrected chi connectivity index (χ4v) is 1.42. The molecule has 0 spiro atoms. The smallest absolute Gasteiger partial charge is 0.342 e. The van der Waals surface area contributed by atoms with E-state index < -0.39 is 17.1 Å². The minimum Gasteiger partial charge on any atom is -0.484 e. The third kappa shape index (κ3) is 2.89. The van der Waals surface area contributed by atoms with Crippen molar-refractivity contribution >= 4 is 11.7 Å². The van der Waals surface area contributed by atoms with E-state index >= 15 is 0 Å². The zero-order chi connectivity index (χ0) is 13.8. The van der Waals surface area contributed by atoms with Crippen LogP contribution in [0.2, 0.25) is 0 Å². The lowest BCUT2D eigenvalue weighted by Gasteiger charge is -2.07. The summed E-state index contributed by atoms with van der Waals surface area (Å²) in [6, 6.07) is 6.89. The largest absolute Gasteiger partial charge is 0.484 e. The molecule has 0 unspecified atom stereocenters. The van der Waals surface area contributed by atoms with Crippen LogP contribution in [-0.2, 0) is 6.61 Å². The fraction of sp³-hybridized carbons (Fsp3) is 0.0833. The highest BCUT2D eigenvalue weighted by Gasteiger charge is 2.10. The maximum atomic E-state index is 11.4. The van der Waals surface area contributed by atoms with Crippen LogP contribution in [0.4, 0.5) is 5.69 Å². The van der Waals surface area contributed by atoms with Gasteiger partial charge in [0.1, 0.15) is 23.7 Å². The standard InChI is InChI=1S/C12H11N3O4/c13-8-3-1-2-4-9(8)19-6-10-14-5-7(12(17)18)11(16)15-10/h1-5H,6,13H2,(H,17,18)(H,14,15,16). The summed E-state index contributed by atoms with van der Waals surface area (Å²) in [5, 5.41) is 8.69. The Morgan fingerprint density at radius 2 is 2.16 bits per heavy atom. The first-order valence-corrected chi connectivity index (χ1v) is 5.36. The Balaban J connectivity index is 2.13. The van der Waals surface area contributed by atoms with Crippen LogP contribution in [0.1, 0.15) is 16.2 Å². The highest BCUT2D eigenvalue weighted by Crippen LogP contribution is 2.20. The number of nitrogens with zero attached hydrogens (tertiary/aromatic N) is 1. The number of benzene rings is 1. The Morgan fingerprint density at radius 1 is 1.42 bits per heavy atom. The van der Waals surface area contributed by atoms with Crippen molar-refractivity contribution in [2.45, 2.75) is 6.61 Å². The van der Waals surface area contributed by atoms with E-state index in [4.69, 9.17) is 15.6 Å². The van der Waals surface area contributed by atoms with Gasteiger partial charge in [-0.15, -0.1) is 0 Å². The number of hydrogen-bond acceptors (Lipinski definition) is 5. The van der Waals surface area contributed by atoms with E-state index in [1.807, 2.05) is 0 Å². The number of aromatic nitrogens is 2. The first kappa shape index (κ1) is 12.6. The number of carbonyl (C=O) groups is 1. The number of H-pyrrole nitrogens is 1. The van der Waals surface area contributed by atoms with Crippen molar-refractivity contribution in [1.82, 2.24) is 9.97 Å². The van der Waals surface area contributed by atoms with Crippen LogP contribution < -0.4 is 16.0 Å². The van der Waals surface area contributed by atoms with Gasteiger partial charge >= 0.3 is 5.97 Å². The third-order valence-electron chi connectivity index (χ3n) is 2.37. The van der Waals surface area contributed by atoms with Crippen molar-refractivity contribution in [2.75, 3.05) is 5.73 Å². The van der Waals surface area contributed by atoms with Crippen LogP contribution in [0.25, 0.3) is 0 Å². The molecule has 7 heteroatoms. The molecule has 0 aliphatic carbocycles. The number of ether oxygens (including phenoxy) is 1. The molecule has 7 nitrogen and oxygen atoms in total. The van der Waals surface area contributed by atoms with Crippen LogP contribution in [0, 0.1) is 0 Å². The predicted octanol–water partition coefficient (Wildman–Crippen LogP) is 0.629. The summed E-state index contributed by atoms with van der Waals surface area (Å²) in [6.45, 7) is -0.0106. The van der Waals surface area contributed by atoms with Gasteiger partial charge in [-0.2, -0.15) is 0 Å². The summed E-state index contributed by atoms with van der Waals surface area (Å²) in [5.74, 6) is -0.640. The maximum absolute atomic E-state index is 11.4. The number of nitrogens with two attached hydrogens (primary N) is 1. The van der Waals surface area contributed by atoms with Crippen LogP contribution in [0.5, 0.6) is 5.75 Å². The minimum atomic E-state index is -1.33. The summed E-state index contributed by atoms with van der Waals surface area (Å²) >= 11 is 0. The molecule has 0 atom stereocenters. The lowest BCUT2D eigenvalue weighted by molar-refractivity contribution is 0.0694. The number of para-hydroxylation sites is 2. The van der Waals surface area contributed by atoms with Crippen molar-refractivity contribution in [3.63, 3.8) is 0 Å². The Morgan fingerprint density at radius 3 is 2.79 bits per heavy atom. The quantitative estimate of drug-likeness (QED) is 0.694. The van der Waals surface area contributed by atoms with Gasteiger partial charge in [-0.1, -0.05) is 12.1 Å². The Hall–Kier alpha value is -2.83. The number of rotatable bonds is 4. The number of nitrogen functional groups attached to an aromatic ring is 1. The number of aromatic carboxylic acids is 1. The van der Waals surface area contributed by atoms with Crippen LogP contribution in [-0.4, -0.2) is 21.0 Å². The van der Waals surface area contributed by atoms with Crippen LogP contribution in [0.15, 0.2) is 35.3 Å². The zero-order valence-corrected chi connectivity index (χ0v) is 9.79. The van der Waals surface area contributed by atoms with Gasteiger partial charge in [-0.3, -0.25) is 4.79 Å². The van der Waals surface area contributed by atoms with Gasteiger partial charge in [-0.05, 0) is 12.1 Å². The molecule has 1 aromatic heterocycles. The van der Waals surface area contributed by atoms with Gasteiger partial charge in [0.2, 0.25) is 0 Å². The topological polar surface area (TPSA) is 118 Å². The molecule has 2 aromatic rings.